The van der Waals surface area contributed by atoms with Gasteiger partial charge in [-0.1, -0.05) is 20.8 Å². The zero-order chi connectivity index (χ0) is 13.9. The average Bonchev–Trinajstić information content (AvgIpc) is 3.18. The molecule has 0 unspecified atom stereocenters. The molecule has 2 aliphatic rings. The Morgan fingerprint density at radius 3 is 2.21 bits per heavy atom. The highest BCUT2D eigenvalue weighted by molar-refractivity contribution is 7.98. The Morgan fingerprint density at radius 2 is 1.74 bits per heavy atom. The Hall–Kier alpha value is 0.310. The fourth-order valence-corrected chi connectivity index (χ4v) is 4.22. The molecule has 0 bridgehead atoms. The summed E-state index contributed by atoms with van der Waals surface area (Å²) in [6.45, 7) is 8.56. The molecule has 0 atom stereocenters. The molecule has 0 heterocycles. The summed E-state index contributed by atoms with van der Waals surface area (Å²) in [5, 5.41) is 3.82. The molecule has 0 aromatic heterocycles. The molecule has 2 saturated carbocycles. The van der Waals surface area contributed by atoms with Gasteiger partial charge in [0.25, 0.3) is 0 Å². The summed E-state index contributed by atoms with van der Waals surface area (Å²) in [6.07, 6.45) is 12.3. The largest absolute Gasteiger partial charge is 0.313 e. The molecule has 19 heavy (non-hydrogen) atoms. The summed E-state index contributed by atoms with van der Waals surface area (Å²) < 4.78 is 0. The normalized spacial score (nSPS) is 32.5. The van der Waals surface area contributed by atoms with E-state index in [0.29, 0.717) is 10.8 Å². The summed E-state index contributed by atoms with van der Waals surface area (Å²) in [4.78, 5) is 0. The highest BCUT2D eigenvalue weighted by Crippen LogP contribution is 2.47. The topological polar surface area (TPSA) is 12.0 Å². The number of nitrogens with one attached hydrogen (secondary N) is 1. The predicted octanol–water partition coefficient (Wildman–Crippen LogP) is 4.71. The number of hydrogen-bond donors (Lipinski definition) is 1. The van der Waals surface area contributed by atoms with Crippen molar-refractivity contribution in [3.8, 4) is 0 Å². The molecule has 2 fully saturated rings. The fraction of sp³-hybridized carbons (Fsp3) is 1.00. The molecular weight excluding hydrogens is 250 g/mol. The number of hydrogen-bond acceptors (Lipinski definition) is 2. The van der Waals surface area contributed by atoms with Crippen LogP contribution in [0.4, 0.5) is 0 Å². The van der Waals surface area contributed by atoms with E-state index >= 15 is 0 Å². The van der Waals surface area contributed by atoms with Crippen LogP contribution in [-0.4, -0.2) is 24.6 Å². The number of rotatable bonds is 6. The van der Waals surface area contributed by atoms with Crippen LogP contribution in [-0.2, 0) is 0 Å². The molecule has 0 spiro atoms. The molecule has 2 heteroatoms. The maximum Gasteiger partial charge on any atom is 0.00684 e. The summed E-state index contributed by atoms with van der Waals surface area (Å²) >= 11 is 2.02. The van der Waals surface area contributed by atoms with Gasteiger partial charge < -0.3 is 5.32 Å². The van der Waals surface area contributed by atoms with Gasteiger partial charge in [0.15, 0.2) is 0 Å². The van der Waals surface area contributed by atoms with Gasteiger partial charge in [-0.25, -0.2) is 0 Å². The lowest BCUT2D eigenvalue weighted by Crippen LogP contribution is -2.40. The van der Waals surface area contributed by atoms with E-state index in [2.05, 4.69) is 32.3 Å². The minimum atomic E-state index is 0.510. The molecule has 2 rings (SSSR count). The lowest BCUT2D eigenvalue weighted by Gasteiger charge is -2.44. The maximum absolute atomic E-state index is 3.82. The van der Waals surface area contributed by atoms with Crippen LogP contribution in [0.1, 0.15) is 65.7 Å². The summed E-state index contributed by atoms with van der Waals surface area (Å²) in [5.41, 5.74) is 1.13. The molecule has 0 radical (unpaired) electrons. The van der Waals surface area contributed by atoms with Crippen molar-refractivity contribution in [3.63, 3.8) is 0 Å². The minimum Gasteiger partial charge on any atom is -0.313 e. The first-order valence-corrected chi connectivity index (χ1v) is 9.57. The van der Waals surface area contributed by atoms with Crippen LogP contribution in [0.3, 0.4) is 0 Å². The zero-order valence-electron chi connectivity index (χ0n) is 13.4. The van der Waals surface area contributed by atoms with E-state index in [9.17, 15) is 0 Å². The van der Waals surface area contributed by atoms with Crippen molar-refractivity contribution in [3.05, 3.63) is 0 Å². The Labute approximate surface area is 124 Å². The monoisotopic (exact) mass is 283 g/mol. The highest BCUT2D eigenvalue weighted by Gasteiger charge is 2.39. The van der Waals surface area contributed by atoms with E-state index in [1.165, 1.54) is 57.2 Å². The van der Waals surface area contributed by atoms with Crippen molar-refractivity contribution >= 4 is 11.8 Å². The van der Waals surface area contributed by atoms with Crippen molar-refractivity contribution < 1.29 is 0 Å². The van der Waals surface area contributed by atoms with Gasteiger partial charge in [-0.05, 0) is 73.7 Å². The lowest BCUT2D eigenvalue weighted by atomic mass is 9.63. The first-order valence-electron chi connectivity index (χ1n) is 8.18. The molecule has 1 N–H and O–H groups in total. The van der Waals surface area contributed by atoms with Crippen LogP contribution in [0.2, 0.25) is 0 Å². The second kappa shape index (κ2) is 6.39. The minimum absolute atomic E-state index is 0.510. The standard InChI is InChI=1S/C17H33NS/c1-16(2,3)14-7-9-17(10-8-14,11-12-19-4)13-18-15-5-6-15/h14-15,18H,5-13H2,1-4H3. The Kier molecular flexibility index (Phi) is 5.28. The summed E-state index contributed by atoms with van der Waals surface area (Å²) in [5.74, 6) is 2.28. The van der Waals surface area contributed by atoms with Gasteiger partial charge in [0, 0.05) is 12.6 Å². The third-order valence-electron chi connectivity index (χ3n) is 5.45. The molecular formula is C17H33NS. The fourth-order valence-electron chi connectivity index (χ4n) is 3.58. The predicted molar refractivity (Wildman–Crippen MR) is 87.9 cm³/mol. The number of thioether (sulfide) groups is 1. The van der Waals surface area contributed by atoms with Gasteiger partial charge >= 0.3 is 0 Å². The molecule has 0 amide bonds. The van der Waals surface area contributed by atoms with Gasteiger partial charge in [0.1, 0.15) is 0 Å². The van der Waals surface area contributed by atoms with Crippen LogP contribution in [0.25, 0.3) is 0 Å². The van der Waals surface area contributed by atoms with Crippen molar-refractivity contribution in [1.82, 2.24) is 5.32 Å². The van der Waals surface area contributed by atoms with Crippen LogP contribution in [0, 0.1) is 16.7 Å². The third-order valence-corrected chi connectivity index (χ3v) is 6.06. The Bertz CT molecular complexity index is 269. The van der Waals surface area contributed by atoms with Crippen molar-refractivity contribution in [2.75, 3.05) is 18.6 Å². The van der Waals surface area contributed by atoms with Gasteiger partial charge in [0.05, 0.1) is 0 Å². The highest BCUT2D eigenvalue weighted by atomic mass is 32.2. The quantitative estimate of drug-likeness (QED) is 0.757. The van der Waals surface area contributed by atoms with Crippen molar-refractivity contribution in [1.29, 1.82) is 0 Å². The smallest absolute Gasteiger partial charge is 0.00684 e. The maximum atomic E-state index is 3.82. The van der Waals surface area contributed by atoms with E-state index in [0.717, 1.165) is 12.0 Å². The van der Waals surface area contributed by atoms with Gasteiger partial charge in [-0.2, -0.15) is 11.8 Å². The second-order valence-corrected chi connectivity index (χ2v) is 9.02. The molecule has 112 valence electrons. The van der Waals surface area contributed by atoms with Crippen LogP contribution >= 0.6 is 11.8 Å². The van der Waals surface area contributed by atoms with Crippen molar-refractivity contribution in [2.24, 2.45) is 16.7 Å². The van der Waals surface area contributed by atoms with Crippen molar-refractivity contribution in [2.45, 2.75) is 71.8 Å². The second-order valence-electron chi connectivity index (χ2n) is 8.04. The molecule has 0 aromatic rings. The molecule has 2 aliphatic carbocycles. The molecule has 1 nitrogen and oxygen atoms in total. The zero-order valence-corrected chi connectivity index (χ0v) is 14.2. The van der Waals surface area contributed by atoms with E-state index in [1.54, 1.807) is 0 Å². The Morgan fingerprint density at radius 1 is 1.11 bits per heavy atom. The van der Waals surface area contributed by atoms with Crippen LogP contribution in [0.5, 0.6) is 0 Å². The van der Waals surface area contributed by atoms with E-state index in [1.807, 2.05) is 11.8 Å². The average molecular weight is 284 g/mol. The molecule has 0 aromatic carbocycles. The van der Waals surface area contributed by atoms with E-state index in [4.69, 9.17) is 0 Å². The Balaban J connectivity index is 1.87. The lowest BCUT2D eigenvalue weighted by molar-refractivity contribution is 0.0838. The van der Waals surface area contributed by atoms with E-state index < -0.39 is 0 Å². The molecule has 0 aliphatic heterocycles. The SMILES string of the molecule is CSCCC1(CNC2CC2)CCC(C(C)(C)C)CC1. The van der Waals surface area contributed by atoms with Gasteiger partial charge in [0.2, 0.25) is 0 Å². The first kappa shape index (κ1) is 15.7. The van der Waals surface area contributed by atoms with Crippen LogP contribution < -0.4 is 5.32 Å². The van der Waals surface area contributed by atoms with Crippen LogP contribution in [0.15, 0.2) is 0 Å². The van der Waals surface area contributed by atoms with E-state index in [-0.39, 0.29) is 0 Å². The summed E-state index contributed by atoms with van der Waals surface area (Å²) in [7, 11) is 0. The molecule has 0 saturated heterocycles. The van der Waals surface area contributed by atoms with Gasteiger partial charge in [-0.3, -0.25) is 0 Å². The first-order chi connectivity index (χ1) is 8.95. The van der Waals surface area contributed by atoms with Gasteiger partial charge in [-0.15, -0.1) is 0 Å². The summed E-state index contributed by atoms with van der Waals surface area (Å²) in [6, 6.07) is 0.867. The third kappa shape index (κ3) is 4.67.